The summed E-state index contributed by atoms with van der Waals surface area (Å²) >= 11 is 0. The van der Waals surface area contributed by atoms with E-state index in [0.717, 1.165) is 81.4 Å². The minimum atomic E-state index is -4.43. The fourth-order valence-corrected chi connectivity index (χ4v) is 5.14. The van der Waals surface area contributed by atoms with Gasteiger partial charge in [0.2, 0.25) is 0 Å². The molecular weight excluding hydrogens is 425 g/mol. The highest BCUT2D eigenvalue weighted by atomic mass is 19.4. The molecule has 1 fully saturated rings. The number of hydrogen-bond acceptors (Lipinski definition) is 3. The molecule has 1 aromatic heterocycles. The van der Waals surface area contributed by atoms with Crippen LogP contribution in [-0.2, 0) is 19.1 Å². The summed E-state index contributed by atoms with van der Waals surface area (Å²) in [4.78, 5) is 2.46. The number of rotatable bonds is 4. The first-order chi connectivity index (χ1) is 16.0. The Hall–Kier alpha value is -2.80. The molecule has 2 aromatic carbocycles. The molecule has 0 unspecified atom stereocenters. The number of para-hydroxylation sites is 1. The lowest BCUT2D eigenvalue weighted by Crippen LogP contribution is -2.32. The minimum absolute atomic E-state index is 0.100. The van der Waals surface area contributed by atoms with Gasteiger partial charge in [-0.25, -0.2) is 4.68 Å². The number of hydrogen-bond donors (Lipinski definition) is 1. The van der Waals surface area contributed by atoms with E-state index in [-0.39, 0.29) is 11.6 Å². The van der Waals surface area contributed by atoms with Gasteiger partial charge in [0.15, 0.2) is 0 Å². The number of nitrogens with one attached hydrogen (secondary N) is 1. The predicted octanol–water partition coefficient (Wildman–Crippen LogP) is 6.02. The number of alkyl halides is 3. The molecule has 0 aliphatic carbocycles. The quantitative estimate of drug-likeness (QED) is 0.523. The second-order valence-electron chi connectivity index (χ2n) is 9.06. The molecule has 33 heavy (non-hydrogen) atoms. The van der Waals surface area contributed by atoms with E-state index in [9.17, 15) is 13.2 Å². The van der Waals surface area contributed by atoms with Crippen molar-refractivity contribution in [3.05, 3.63) is 77.0 Å². The lowest BCUT2D eigenvalue weighted by molar-refractivity contribution is -0.137. The number of aromatic nitrogens is 2. The van der Waals surface area contributed by atoms with E-state index in [1.807, 2.05) is 6.07 Å². The minimum Gasteiger partial charge on any atom is -0.370 e. The highest BCUT2D eigenvalue weighted by Gasteiger charge is 2.36. The molecule has 0 atom stereocenters. The molecule has 1 saturated heterocycles. The van der Waals surface area contributed by atoms with Crippen molar-refractivity contribution < 1.29 is 13.2 Å². The van der Waals surface area contributed by atoms with Crippen molar-refractivity contribution in [3.8, 4) is 5.69 Å². The summed E-state index contributed by atoms with van der Waals surface area (Å²) in [5.74, 6) is 1.01. The van der Waals surface area contributed by atoms with E-state index in [0.29, 0.717) is 0 Å². The summed E-state index contributed by atoms with van der Waals surface area (Å²) in [6.07, 6.45) is 0.393. The van der Waals surface area contributed by atoms with Crippen molar-refractivity contribution in [2.75, 3.05) is 25.0 Å². The van der Waals surface area contributed by atoms with E-state index in [2.05, 4.69) is 34.5 Å². The Morgan fingerprint density at radius 2 is 1.67 bits per heavy atom. The summed E-state index contributed by atoms with van der Waals surface area (Å²) in [7, 11) is 0. The molecule has 1 N–H and O–H groups in total. The summed E-state index contributed by atoms with van der Waals surface area (Å²) in [5, 5.41) is 8.24. The summed E-state index contributed by atoms with van der Waals surface area (Å²) in [5.41, 5.74) is 2.85. The number of benzene rings is 2. The molecule has 3 heterocycles. The van der Waals surface area contributed by atoms with Crippen LogP contribution in [0.2, 0.25) is 0 Å². The molecule has 5 rings (SSSR count). The zero-order chi connectivity index (χ0) is 22.8. The van der Waals surface area contributed by atoms with Crippen molar-refractivity contribution >= 4 is 5.82 Å². The molecule has 2 aliphatic heterocycles. The van der Waals surface area contributed by atoms with Crippen molar-refractivity contribution in [1.82, 2.24) is 14.7 Å². The van der Waals surface area contributed by atoms with Gasteiger partial charge >= 0.3 is 6.18 Å². The molecule has 4 nitrogen and oxygen atoms in total. The average molecular weight is 455 g/mol. The maximum Gasteiger partial charge on any atom is 0.418 e. The van der Waals surface area contributed by atoms with E-state index in [1.54, 1.807) is 6.07 Å². The monoisotopic (exact) mass is 454 g/mol. The van der Waals surface area contributed by atoms with E-state index in [4.69, 9.17) is 5.10 Å². The third-order valence-corrected chi connectivity index (χ3v) is 6.82. The second kappa shape index (κ2) is 9.21. The lowest BCUT2D eigenvalue weighted by atomic mass is 9.90. The first-order valence-corrected chi connectivity index (χ1v) is 11.8. The van der Waals surface area contributed by atoms with Crippen LogP contribution in [0.15, 0.2) is 54.6 Å². The average Bonchev–Trinajstić information content (AvgIpc) is 3.00. The maximum atomic E-state index is 13.8. The smallest absolute Gasteiger partial charge is 0.370 e. The Labute approximate surface area is 192 Å². The van der Waals surface area contributed by atoms with Crippen LogP contribution in [0.4, 0.5) is 19.0 Å². The van der Waals surface area contributed by atoms with Gasteiger partial charge in [-0.05, 0) is 62.9 Å². The maximum absolute atomic E-state index is 13.8. The summed E-state index contributed by atoms with van der Waals surface area (Å²) in [6, 6.07) is 16.2. The normalized spacial score (nSPS) is 17.9. The van der Waals surface area contributed by atoms with Crippen LogP contribution in [0.1, 0.15) is 54.0 Å². The molecule has 0 spiro atoms. The third-order valence-electron chi connectivity index (χ3n) is 6.82. The molecule has 0 amide bonds. The first kappa shape index (κ1) is 22.0. The number of anilines is 1. The number of nitrogens with zero attached hydrogens (tertiary/aromatic N) is 3. The van der Waals surface area contributed by atoms with Gasteiger partial charge in [0, 0.05) is 24.6 Å². The molecule has 2 aliphatic rings. The van der Waals surface area contributed by atoms with Crippen LogP contribution in [0.25, 0.3) is 5.69 Å². The zero-order valence-electron chi connectivity index (χ0n) is 18.6. The number of piperidine rings is 1. The highest BCUT2D eigenvalue weighted by Crippen LogP contribution is 2.39. The standard InChI is InChI=1S/C26H29F3N4/c27-26(28,29)22-11-4-5-12-23(22)33-25-21(10-6-7-15-30-25)24(31-33)20-13-16-32(17-14-20)18-19-8-2-1-3-9-19/h1-5,8-9,11-12,20,30H,6-7,10,13-18H2. The zero-order valence-corrected chi connectivity index (χ0v) is 18.6. The van der Waals surface area contributed by atoms with Crippen LogP contribution in [0.3, 0.4) is 0 Å². The summed E-state index contributed by atoms with van der Waals surface area (Å²) in [6.45, 7) is 3.62. The van der Waals surface area contributed by atoms with Gasteiger partial charge in [0.05, 0.1) is 16.9 Å². The topological polar surface area (TPSA) is 33.1 Å². The van der Waals surface area contributed by atoms with Gasteiger partial charge in [-0.15, -0.1) is 0 Å². The van der Waals surface area contributed by atoms with Crippen LogP contribution >= 0.6 is 0 Å². The number of halogens is 3. The van der Waals surface area contributed by atoms with Crippen LogP contribution in [0.5, 0.6) is 0 Å². The van der Waals surface area contributed by atoms with Crippen LogP contribution < -0.4 is 5.32 Å². The van der Waals surface area contributed by atoms with Gasteiger partial charge < -0.3 is 5.32 Å². The fraction of sp³-hybridized carbons (Fsp3) is 0.423. The predicted molar refractivity (Wildman–Crippen MR) is 124 cm³/mol. The van der Waals surface area contributed by atoms with E-state index < -0.39 is 11.7 Å². The van der Waals surface area contributed by atoms with Crippen molar-refractivity contribution in [3.63, 3.8) is 0 Å². The van der Waals surface area contributed by atoms with Crippen LogP contribution in [-0.4, -0.2) is 34.3 Å². The van der Waals surface area contributed by atoms with Gasteiger partial charge in [-0.1, -0.05) is 42.5 Å². The SMILES string of the molecule is FC(F)(F)c1ccccc1-n1nc(C2CCN(Cc3ccccc3)CC2)c2c1NCCCC2. The highest BCUT2D eigenvalue weighted by molar-refractivity contribution is 5.57. The van der Waals surface area contributed by atoms with Crippen molar-refractivity contribution in [1.29, 1.82) is 0 Å². The largest absolute Gasteiger partial charge is 0.418 e. The molecule has 3 aromatic rings. The van der Waals surface area contributed by atoms with Crippen molar-refractivity contribution in [2.45, 2.75) is 50.7 Å². The molecule has 174 valence electrons. The fourth-order valence-electron chi connectivity index (χ4n) is 5.14. The molecule has 0 bridgehead atoms. The van der Waals surface area contributed by atoms with Gasteiger partial charge in [-0.3, -0.25) is 4.90 Å². The van der Waals surface area contributed by atoms with Crippen LogP contribution in [0, 0.1) is 0 Å². The molecular formula is C26H29F3N4. The Bertz CT molecular complexity index is 1080. The van der Waals surface area contributed by atoms with Gasteiger partial charge in [0.1, 0.15) is 5.82 Å². The third kappa shape index (κ3) is 4.64. The van der Waals surface area contributed by atoms with E-state index in [1.165, 1.54) is 22.4 Å². The summed E-state index contributed by atoms with van der Waals surface area (Å²) < 4.78 is 42.8. The molecule has 0 saturated carbocycles. The van der Waals surface area contributed by atoms with E-state index >= 15 is 0 Å². The molecule has 0 radical (unpaired) electrons. The molecule has 7 heteroatoms. The Morgan fingerprint density at radius 1 is 0.939 bits per heavy atom. The second-order valence-corrected chi connectivity index (χ2v) is 9.06. The Balaban J connectivity index is 1.43. The Kier molecular flexibility index (Phi) is 6.15. The van der Waals surface area contributed by atoms with Crippen molar-refractivity contribution in [2.24, 2.45) is 0 Å². The number of fused-ring (bicyclic) bond motifs is 1. The lowest BCUT2D eigenvalue weighted by Gasteiger charge is -2.31. The first-order valence-electron chi connectivity index (χ1n) is 11.8. The Morgan fingerprint density at radius 3 is 2.42 bits per heavy atom. The van der Waals surface area contributed by atoms with Gasteiger partial charge in [0.25, 0.3) is 0 Å². The van der Waals surface area contributed by atoms with Gasteiger partial charge in [-0.2, -0.15) is 18.3 Å². The number of likely N-dealkylation sites (tertiary alicyclic amines) is 1.